The van der Waals surface area contributed by atoms with Gasteiger partial charge < -0.3 is 20.8 Å². The van der Waals surface area contributed by atoms with Crippen LogP contribution in [-0.2, 0) is 14.6 Å². The number of anilines is 1. The van der Waals surface area contributed by atoms with Crippen LogP contribution < -0.4 is 10.6 Å². The smallest absolute Gasteiger partial charge is 0.255 e. The van der Waals surface area contributed by atoms with Crippen molar-refractivity contribution in [1.29, 1.82) is 0 Å². The van der Waals surface area contributed by atoms with E-state index in [0.29, 0.717) is 12.8 Å². The summed E-state index contributed by atoms with van der Waals surface area (Å²) in [6, 6.07) is 6.60. The Morgan fingerprint density at radius 1 is 1.05 bits per heavy atom. The predicted molar refractivity (Wildman–Crippen MR) is 132 cm³/mol. The molecule has 2 atom stereocenters. The molecule has 8 nitrogen and oxygen atoms in total. The Balaban J connectivity index is 1.53. The number of hydrogen-bond acceptors (Lipinski definition) is 6. The molecule has 2 fully saturated rings. The van der Waals surface area contributed by atoms with Crippen LogP contribution in [0.25, 0.3) is 0 Å². The molecule has 2 aliphatic rings. The number of carbonyl (C=O) groups is 2. The number of rotatable bonds is 8. The zero-order chi connectivity index (χ0) is 27.0. The van der Waals surface area contributed by atoms with E-state index in [0.717, 1.165) is 18.2 Å². The summed E-state index contributed by atoms with van der Waals surface area (Å²) < 4.78 is 53.9. The van der Waals surface area contributed by atoms with Gasteiger partial charge in [-0.25, -0.2) is 17.2 Å². The summed E-state index contributed by atoms with van der Waals surface area (Å²) >= 11 is 6.24. The van der Waals surface area contributed by atoms with E-state index >= 15 is 0 Å². The van der Waals surface area contributed by atoms with Crippen LogP contribution in [0.4, 0.5) is 14.5 Å². The van der Waals surface area contributed by atoms with Crippen LogP contribution in [0.15, 0.2) is 41.3 Å². The zero-order valence-corrected chi connectivity index (χ0v) is 21.3. The maximum atomic E-state index is 13.6. The Morgan fingerprint density at radius 3 is 2.35 bits per heavy atom. The number of hydrogen-bond donors (Lipinski definition) is 4. The first-order valence-corrected chi connectivity index (χ1v) is 13.8. The predicted octanol–water partition coefficient (Wildman–Crippen LogP) is 3.06. The molecule has 2 amide bonds. The second kappa shape index (κ2) is 10.6. The van der Waals surface area contributed by atoms with Gasteiger partial charge in [-0.15, -0.1) is 0 Å². The number of aliphatic hydroxyl groups is 2. The van der Waals surface area contributed by atoms with Crippen LogP contribution in [-0.4, -0.2) is 54.4 Å². The first-order chi connectivity index (χ1) is 17.5. The zero-order valence-electron chi connectivity index (χ0n) is 19.7. The SMILES string of the molecule is O=C(C[C@]1(O)C2CCC1C[C@@H](S(=O)(=O)c1cc(C(=O)Nc3ccc(F)c(F)c3)ccc1Cl)C2)NCCO. The van der Waals surface area contributed by atoms with Gasteiger partial charge in [0.05, 0.1) is 33.8 Å². The molecule has 4 N–H and O–H groups in total. The van der Waals surface area contributed by atoms with Crippen LogP contribution >= 0.6 is 11.6 Å². The van der Waals surface area contributed by atoms with E-state index in [2.05, 4.69) is 10.6 Å². The highest BCUT2D eigenvalue weighted by atomic mass is 35.5. The average Bonchev–Trinajstić information content (AvgIpc) is 3.01. The maximum absolute atomic E-state index is 13.6. The normalized spacial score (nSPS) is 25.1. The van der Waals surface area contributed by atoms with E-state index < -0.39 is 56.0 Å². The molecule has 0 saturated heterocycles. The van der Waals surface area contributed by atoms with Crippen LogP contribution in [0, 0.1) is 23.5 Å². The monoisotopic (exact) mass is 556 g/mol. The van der Waals surface area contributed by atoms with Gasteiger partial charge in [-0.05, 0) is 67.9 Å². The van der Waals surface area contributed by atoms with Crippen LogP contribution in [0.1, 0.15) is 42.5 Å². The summed E-state index contributed by atoms with van der Waals surface area (Å²) in [5.41, 5.74) is -1.38. The third-order valence-corrected chi connectivity index (χ3v) is 10.0. The molecular formula is C25H27ClF2N2O6S. The molecule has 2 unspecified atom stereocenters. The fraction of sp³-hybridized carbons (Fsp3) is 0.440. The molecule has 37 heavy (non-hydrogen) atoms. The molecule has 200 valence electrons. The van der Waals surface area contributed by atoms with Crippen molar-refractivity contribution in [2.75, 3.05) is 18.5 Å². The Morgan fingerprint density at radius 2 is 1.73 bits per heavy atom. The Bertz CT molecular complexity index is 1310. The Kier molecular flexibility index (Phi) is 7.89. The number of amides is 2. The highest BCUT2D eigenvalue weighted by Crippen LogP contribution is 2.53. The first kappa shape index (κ1) is 27.4. The number of carbonyl (C=O) groups excluding carboxylic acids is 2. The lowest BCUT2D eigenvalue weighted by molar-refractivity contribution is -0.132. The molecule has 0 aliphatic heterocycles. The largest absolute Gasteiger partial charge is 0.395 e. The second-order valence-corrected chi connectivity index (χ2v) is 12.2. The lowest BCUT2D eigenvalue weighted by Gasteiger charge is -2.42. The molecule has 2 bridgehead atoms. The molecule has 0 heterocycles. The fourth-order valence-electron chi connectivity index (χ4n) is 5.49. The molecular weight excluding hydrogens is 530 g/mol. The van der Waals surface area contributed by atoms with Crippen molar-refractivity contribution in [3.05, 3.63) is 58.6 Å². The molecule has 2 aromatic carbocycles. The standard InChI is InChI=1S/C25H27ClF2N2O6S/c26-19-5-1-14(24(33)30-17-4-6-20(27)21(28)12-17)9-22(19)37(35,36)18-10-15-2-3-16(11-18)25(15,34)13-23(32)29-7-8-31/h1,4-6,9,12,15-16,18,31,34H,2-3,7-8,10-11,13H2,(H,29,32)(H,30,33)/t15?,16?,18-,25-. The van der Waals surface area contributed by atoms with Crippen molar-refractivity contribution in [3.63, 3.8) is 0 Å². The highest BCUT2D eigenvalue weighted by molar-refractivity contribution is 7.92. The fourth-order valence-corrected chi connectivity index (χ4v) is 7.89. The van der Waals surface area contributed by atoms with Crippen molar-refractivity contribution >= 4 is 38.9 Å². The summed E-state index contributed by atoms with van der Waals surface area (Å²) in [5.74, 6) is -4.18. The molecule has 0 spiro atoms. The third kappa shape index (κ3) is 5.50. The van der Waals surface area contributed by atoms with Gasteiger partial charge in [0.25, 0.3) is 5.91 Å². The van der Waals surface area contributed by atoms with Gasteiger partial charge in [-0.3, -0.25) is 9.59 Å². The van der Waals surface area contributed by atoms with E-state index in [1.165, 1.54) is 18.2 Å². The quantitative estimate of drug-likeness (QED) is 0.395. The van der Waals surface area contributed by atoms with E-state index in [1.807, 2.05) is 0 Å². The minimum absolute atomic E-state index is 0.00516. The van der Waals surface area contributed by atoms with Gasteiger partial charge in [-0.1, -0.05) is 11.6 Å². The Labute approximate surface area is 217 Å². The van der Waals surface area contributed by atoms with Crippen LogP contribution in [0.5, 0.6) is 0 Å². The number of nitrogens with one attached hydrogen (secondary N) is 2. The van der Waals surface area contributed by atoms with E-state index in [1.54, 1.807) is 0 Å². The number of sulfone groups is 1. The lowest BCUT2D eigenvalue weighted by atomic mass is 9.72. The Hall–Kier alpha value is -2.60. The number of halogens is 3. The topological polar surface area (TPSA) is 133 Å². The molecule has 4 rings (SSSR count). The number of fused-ring (bicyclic) bond motifs is 2. The van der Waals surface area contributed by atoms with Crippen molar-refractivity contribution in [2.24, 2.45) is 11.8 Å². The van der Waals surface area contributed by atoms with E-state index in [-0.39, 0.29) is 53.6 Å². The van der Waals surface area contributed by atoms with Crippen molar-refractivity contribution < 1.29 is 37.0 Å². The van der Waals surface area contributed by atoms with Gasteiger partial charge in [0.15, 0.2) is 21.5 Å². The minimum Gasteiger partial charge on any atom is -0.395 e. The van der Waals surface area contributed by atoms with E-state index in [9.17, 15) is 31.9 Å². The molecule has 2 aliphatic carbocycles. The van der Waals surface area contributed by atoms with Gasteiger partial charge in [0.2, 0.25) is 5.91 Å². The first-order valence-electron chi connectivity index (χ1n) is 11.9. The van der Waals surface area contributed by atoms with Gasteiger partial charge in [0.1, 0.15) is 0 Å². The van der Waals surface area contributed by atoms with Crippen LogP contribution in [0.2, 0.25) is 5.02 Å². The van der Waals surface area contributed by atoms with Crippen molar-refractivity contribution in [1.82, 2.24) is 5.32 Å². The van der Waals surface area contributed by atoms with Crippen molar-refractivity contribution in [3.8, 4) is 0 Å². The molecule has 2 aromatic rings. The molecule has 0 radical (unpaired) electrons. The third-order valence-electron chi connectivity index (χ3n) is 7.37. The molecule has 2 saturated carbocycles. The van der Waals surface area contributed by atoms with Gasteiger partial charge in [0, 0.05) is 23.9 Å². The highest BCUT2D eigenvalue weighted by Gasteiger charge is 2.56. The van der Waals surface area contributed by atoms with Crippen molar-refractivity contribution in [2.45, 2.75) is 47.9 Å². The molecule has 12 heteroatoms. The molecule has 0 aromatic heterocycles. The van der Waals surface area contributed by atoms with E-state index in [4.69, 9.17) is 16.7 Å². The summed E-state index contributed by atoms with van der Waals surface area (Å²) in [6.07, 6.45) is 1.24. The van der Waals surface area contributed by atoms with Gasteiger partial charge >= 0.3 is 0 Å². The summed E-state index contributed by atoms with van der Waals surface area (Å²) in [4.78, 5) is 24.7. The maximum Gasteiger partial charge on any atom is 0.255 e. The minimum atomic E-state index is -4.02. The van der Waals surface area contributed by atoms with Crippen LogP contribution in [0.3, 0.4) is 0 Å². The van der Waals surface area contributed by atoms with Gasteiger partial charge in [-0.2, -0.15) is 0 Å². The number of benzene rings is 2. The average molecular weight is 557 g/mol. The second-order valence-electron chi connectivity index (χ2n) is 9.58. The lowest BCUT2D eigenvalue weighted by Crippen LogP contribution is -2.50. The summed E-state index contributed by atoms with van der Waals surface area (Å²) in [6.45, 7) is -0.157. The summed E-state index contributed by atoms with van der Waals surface area (Å²) in [7, 11) is -4.02. The summed E-state index contributed by atoms with van der Waals surface area (Å²) in [5, 5.41) is 24.2. The number of aliphatic hydroxyl groups excluding tert-OH is 1.